The summed E-state index contributed by atoms with van der Waals surface area (Å²) in [7, 11) is 0. The average Bonchev–Trinajstić information content (AvgIpc) is 2.46. The molecule has 1 heterocycles. The van der Waals surface area contributed by atoms with Gasteiger partial charge in [0.05, 0.1) is 6.08 Å². The molecule has 6 nitrogen and oxygen atoms in total. The van der Waals surface area contributed by atoms with Crippen LogP contribution in [-0.4, -0.2) is 31.7 Å². The van der Waals surface area contributed by atoms with Gasteiger partial charge in [-0.05, 0) is 12.2 Å². The molecule has 74 valence electrons. The van der Waals surface area contributed by atoms with Crippen molar-refractivity contribution in [1.29, 1.82) is 0 Å². The van der Waals surface area contributed by atoms with Crippen LogP contribution in [-0.2, 0) is 9.59 Å². The normalized spacial score (nSPS) is 11.3. The minimum Gasteiger partial charge on any atom is -0.478 e. The molecule has 0 saturated heterocycles. The Morgan fingerprint density at radius 1 is 1.50 bits per heavy atom. The lowest BCUT2D eigenvalue weighted by Gasteiger charge is -2.00. The molecule has 0 aliphatic heterocycles. The molecule has 0 radical (unpaired) electrons. The molecule has 1 rings (SSSR count). The van der Waals surface area contributed by atoms with Crippen LogP contribution in [0.25, 0.3) is 5.70 Å². The fraction of sp³-hybridized carbons (Fsp3) is 0. The van der Waals surface area contributed by atoms with Crippen molar-refractivity contribution in [2.45, 2.75) is 0 Å². The van der Waals surface area contributed by atoms with Gasteiger partial charge in [-0.25, -0.2) is 9.59 Å². The molecule has 0 fully saturated rings. The van der Waals surface area contributed by atoms with E-state index < -0.39 is 17.6 Å². The summed E-state index contributed by atoms with van der Waals surface area (Å²) in [4.78, 5) is 23.6. The molecule has 0 aromatic carbocycles. The molecule has 0 unspecified atom stereocenters. The molecule has 14 heavy (non-hydrogen) atoms. The van der Waals surface area contributed by atoms with Gasteiger partial charge in [0.25, 0.3) is 0 Å². The number of aromatic amines is 1. The van der Waals surface area contributed by atoms with Crippen LogP contribution in [0.3, 0.4) is 0 Å². The Labute approximate surface area is 83.1 Å². The minimum absolute atomic E-state index is 0.125. The van der Waals surface area contributed by atoms with E-state index in [9.17, 15) is 9.59 Å². The van der Waals surface area contributed by atoms with Crippen molar-refractivity contribution in [2.75, 3.05) is 0 Å². The van der Waals surface area contributed by atoms with Gasteiger partial charge in [-0.15, -0.1) is 0 Å². The first kappa shape index (κ1) is 10.2. The van der Waals surface area contributed by atoms with Gasteiger partial charge in [-0.1, -0.05) is 0 Å². The molecule has 0 saturated carbocycles. The Hall–Kier alpha value is -1.89. The van der Waals surface area contributed by atoms with Crippen LogP contribution >= 0.6 is 12.2 Å². The number of carboxylic acids is 2. The van der Waals surface area contributed by atoms with Gasteiger partial charge in [0, 0.05) is 12.4 Å². The summed E-state index contributed by atoms with van der Waals surface area (Å²) >= 11 is 4.74. The van der Waals surface area contributed by atoms with Crippen molar-refractivity contribution in [3.05, 3.63) is 23.2 Å². The van der Waals surface area contributed by atoms with Crippen LogP contribution in [0.5, 0.6) is 0 Å². The van der Waals surface area contributed by atoms with E-state index in [1.807, 2.05) is 0 Å². The van der Waals surface area contributed by atoms with Gasteiger partial charge in [0.2, 0.25) is 0 Å². The van der Waals surface area contributed by atoms with E-state index in [2.05, 4.69) is 4.98 Å². The first-order valence-corrected chi connectivity index (χ1v) is 3.87. The predicted octanol–water partition coefficient (Wildman–Crippen LogP) is 0.556. The molecule has 0 amide bonds. The van der Waals surface area contributed by atoms with Crippen molar-refractivity contribution < 1.29 is 19.8 Å². The quantitative estimate of drug-likeness (QED) is 0.504. The van der Waals surface area contributed by atoms with E-state index in [0.717, 1.165) is 4.57 Å². The zero-order valence-corrected chi connectivity index (χ0v) is 7.61. The largest absolute Gasteiger partial charge is 0.478 e. The van der Waals surface area contributed by atoms with Crippen molar-refractivity contribution in [3.63, 3.8) is 0 Å². The molecule has 3 N–H and O–H groups in total. The second-order valence-corrected chi connectivity index (χ2v) is 2.69. The molecule has 0 spiro atoms. The third kappa shape index (κ3) is 2.07. The molecule has 0 bridgehead atoms. The monoisotopic (exact) mass is 214 g/mol. The van der Waals surface area contributed by atoms with Gasteiger partial charge in [-0.2, -0.15) is 0 Å². The van der Waals surface area contributed by atoms with Crippen molar-refractivity contribution in [1.82, 2.24) is 9.55 Å². The highest BCUT2D eigenvalue weighted by Gasteiger charge is 2.12. The maximum absolute atomic E-state index is 10.7. The van der Waals surface area contributed by atoms with Crippen molar-refractivity contribution in [3.8, 4) is 0 Å². The topological polar surface area (TPSA) is 95.3 Å². The number of hydrogen-bond donors (Lipinski definition) is 3. The average molecular weight is 214 g/mol. The molecule has 7 heteroatoms. The van der Waals surface area contributed by atoms with Gasteiger partial charge in [-0.3, -0.25) is 4.57 Å². The molecule has 1 aromatic heterocycles. The highest BCUT2D eigenvalue weighted by molar-refractivity contribution is 7.71. The lowest BCUT2D eigenvalue weighted by molar-refractivity contribution is -0.133. The smallest absolute Gasteiger partial charge is 0.353 e. The summed E-state index contributed by atoms with van der Waals surface area (Å²) in [6, 6.07) is 0. The van der Waals surface area contributed by atoms with Crippen LogP contribution in [0.2, 0.25) is 0 Å². The Morgan fingerprint density at radius 3 is 2.50 bits per heavy atom. The zero-order valence-electron chi connectivity index (χ0n) is 6.80. The van der Waals surface area contributed by atoms with Gasteiger partial charge < -0.3 is 15.2 Å². The summed E-state index contributed by atoms with van der Waals surface area (Å²) < 4.78 is 1.19. The summed E-state index contributed by atoms with van der Waals surface area (Å²) in [6.45, 7) is 0. The van der Waals surface area contributed by atoms with E-state index in [4.69, 9.17) is 22.4 Å². The first-order chi connectivity index (χ1) is 6.52. The van der Waals surface area contributed by atoms with Gasteiger partial charge >= 0.3 is 11.9 Å². The van der Waals surface area contributed by atoms with Crippen LogP contribution < -0.4 is 0 Å². The highest BCUT2D eigenvalue weighted by atomic mass is 32.1. The van der Waals surface area contributed by atoms with E-state index in [0.29, 0.717) is 6.08 Å². The first-order valence-electron chi connectivity index (χ1n) is 3.46. The third-order valence-corrected chi connectivity index (χ3v) is 1.70. The van der Waals surface area contributed by atoms with Crippen LogP contribution in [0, 0.1) is 4.77 Å². The van der Waals surface area contributed by atoms with E-state index in [1.54, 1.807) is 0 Å². The van der Waals surface area contributed by atoms with E-state index in [-0.39, 0.29) is 4.77 Å². The summed E-state index contributed by atoms with van der Waals surface area (Å²) in [5, 5.41) is 17.1. The molecule has 0 aliphatic carbocycles. The van der Waals surface area contributed by atoms with Crippen molar-refractivity contribution in [2.24, 2.45) is 0 Å². The standard InChI is InChI=1S/C7H6N2O4S/c10-5(11)3-4(6(12)13)9-2-1-8-7(9)14/h1-3H,(H,8,14)(H,10,11)(H,12,13). The molecule has 0 atom stereocenters. The fourth-order valence-corrected chi connectivity index (χ4v) is 1.09. The van der Waals surface area contributed by atoms with Crippen LogP contribution in [0.4, 0.5) is 0 Å². The summed E-state index contributed by atoms with van der Waals surface area (Å²) in [5.41, 5.74) is -0.413. The van der Waals surface area contributed by atoms with Crippen molar-refractivity contribution >= 4 is 29.9 Å². The number of rotatable bonds is 3. The number of carboxylic acid groups (broad SMARTS) is 2. The minimum atomic E-state index is -1.36. The van der Waals surface area contributed by atoms with E-state index >= 15 is 0 Å². The van der Waals surface area contributed by atoms with Gasteiger partial charge in [0.15, 0.2) is 4.77 Å². The molecule has 1 aromatic rings. The lowest BCUT2D eigenvalue weighted by Crippen LogP contribution is -2.09. The number of imidazole rings is 1. The number of aromatic nitrogens is 2. The Balaban J connectivity index is 3.27. The molecule has 0 aliphatic rings. The Kier molecular flexibility index (Phi) is 2.82. The number of aliphatic carboxylic acids is 2. The number of nitrogens with one attached hydrogen (secondary N) is 1. The number of nitrogens with zero attached hydrogens (tertiary/aromatic N) is 1. The van der Waals surface area contributed by atoms with E-state index in [1.165, 1.54) is 12.4 Å². The second kappa shape index (κ2) is 3.88. The number of H-pyrrole nitrogens is 1. The highest BCUT2D eigenvalue weighted by Crippen LogP contribution is 2.05. The number of hydrogen-bond acceptors (Lipinski definition) is 3. The van der Waals surface area contributed by atoms with Crippen LogP contribution in [0.1, 0.15) is 0 Å². The maximum Gasteiger partial charge on any atom is 0.353 e. The van der Waals surface area contributed by atoms with Gasteiger partial charge in [0.1, 0.15) is 5.70 Å². The lowest BCUT2D eigenvalue weighted by atomic mass is 10.4. The third-order valence-electron chi connectivity index (χ3n) is 1.39. The summed E-state index contributed by atoms with van der Waals surface area (Å²) in [5.74, 6) is -2.70. The SMILES string of the molecule is O=C(O)C=C(C(=O)O)n1cc[nH]c1=S. The summed E-state index contributed by atoms with van der Waals surface area (Å²) in [6.07, 6.45) is 3.33. The van der Waals surface area contributed by atoms with Crippen LogP contribution in [0.15, 0.2) is 18.5 Å². The maximum atomic E-state index is 10.7. The number of carbonyl (C=O) groups is 2. The Morgan fingerprint density at radius 2 is 2.14 bits per heavy atom. The molecular formula is C7H6N2O4S. The second-order valence-electron chi connectivity index (χ2n) is 2.31. The Bertz CT molecular complexity index is 456. The predicted molar refractivity (Wildman–Crippen MR) is 49.2 cm³/mol. The zero-order chi connectivity index (χ0) is 10.7. The molecular weight excluding hydrogens is 208 g/mol. The fourth-order valence-electron chi connectivity index (χ4n) is 0.861.